The van der Waals surface area contributed by atoms with Gasteiger partial charge in [0.1, 0.15) is 0 Å². The van der Waals surface area contributed by atoms with E-state index in [1.54, 1.807) is 0 Å². The van der Waals surface area contributed by atoms with Crippen molar-refractivity contribution in [2.24, 2.45) is 5.92 Å². The van der Waals surface area contributed by atoms with E-state index in [0.717, 1.165) is 12.3 Å². The van der Waals surface area contributed by atoms with Crippen molar-refractivity contribution in [3.8, 4) is 0 Å². The second-order valence-corrected chi connectivity index (χ2v) is 4.52. The van der Waals surface area contributed by atoms with Crippen LogP contribution >= 0.6 is 0 Å². The molecule has 1 fully saturated rings. The fourth-order valence-electron chi connectivity index (χ4n) is 2.34. The zero-order chi connectivity index (χ0) is 11.2. The van der Waals surface area contributed by atoms with Gasteiger partial charge in [-0.15, -0.1) is 0 Å². The second kappa shape index (κ2) is 5.96. The van der Waals surface area contributed by atoms with E-state index >= 15 is 0 Å². The average Bonchev–Trinajstić information content (AvgIpc) is 2.90. The number of hydrogen-bond acceptors (Lipinski definition) is 5. The highest BCUT2D eigenvalue weighted by molar-refractivity contribution is 4.77. The van der Waals surface area contributed by atoms with Crippen molar-refractivity contribution in [1.29, 1.82) is 0 Å². The average molecular weight is 225 g/mol. The van der Waals surface area contributed by atoms with Crippen molar-refractivity contribution in [3.05, 3.63) is 12.2 Å². The van der Waals surface area contributed by atoms with Crippen LogP contribution < -0.4 is 5.32 Å². The molecule has 1 unspecified atom stereocenters. The van der Waals surface area contributed by atoms with E-state index < -0.39 is 0 Å². The van der Waals surface area contributed by atoms with Gasteiger partial charge in [0.05, 0.1) is 12.6 Å². The number of aliphatic hydroxyl groups is 1. The molecule has 0 saturated heterocycles. The van der Waals surface area contributed by atoms with Gasteiger partial charge in [-0.1, -0.05) is 30.8 Å². The fourth-order valence-corrected chi connectivity index (χ4v) is 2.34. The number of aromatic nitrogens is 2. The molecule has 0 radical (unpaired) electrons. The maximum absolute atomic E-state index is 9.81. The number of rotatable bonds is 6. The Kier molecular flexibility index (Phi) is 4.30. The van der Waals surface area contributed by atoms with E-state index in [0.29, 0.717) is 18.9 Å². The summed E-state index contributed by atoms with van der Waals surface area (Å²) in [4.78, 5) is 3.89. The van der Waals surface area contributed by atoms with E-state index in [1.807, 2.05) is 0 Å². The van der Waals surface area contributed by atoms with Crippen molar-refractivity contribution in [3.63, 3.8) is 0 Å². The molecule has 0 aromatic carbocycles. The Balaban J connectivity index is 1.58. The van der Waals surface area contributed by atoms with Gasteiger partial charge in [-0.2, -0.15) is 4.98 Å². The maximum atomic E-state index is 9.81. The Labute approximate surface area is 95.2 Å². The normalized spacial score (nSPS) is 19.1. The van der Waals surface area contributed by atoms with Crippen molar-refractivity contribution in [2.75, 3.05) is 6.54 Å². The van der Waals surface area contributed by atoms with Crippen LogP contribution in [0.25, 0.3) is 0 Å². The lowest BCUT2D eigenvalue weighted by Gasteiger charge is -2.15. The first-order valence-electron chi connectivity index (χ1n) is 5.98. The minimum Gasteiger partial charge on any atom is -0.392 e. The molecule has 2 N–H and O–H groups in total. The topological polar surface area (TPSA) is 71.2 Å². The summed E-state index contributed by atoms with van der Waals surface area (Å²) < 4.78 is 4.62. The number of nitrogens with zero attached hydrogens (tertiary/aromatic N) is 2. The van der Waals surface area contributed by atoms with Crippen LogP contribution in [0, 0.1) is 5.92 Å². The quantitative estimate of drug-likeness (QED) is 0.758. The number of nitrogens with one attached hydrogen (secondary N) is 1. The van der Waals surface area contributed by atoms with Crippen LogP contribution in [0.1, 0.15) is 37.9 Å². The second-order valence-electron chi connectivity index (χ2n) is 4.52. The molecule has 0 spiro atoms. The molecule has 1 atom stereocenters. The standard InChI is InChI=1S/C11H19N3O2/c15-10(5-9-3-1-2-4-9)6-12-7-11-13-8-16-14-11/h8-10,12,15H,1-7H2. The van der Waals surface area contributed by atoms with Crippen LogP contribution in [0.15, 0.2) is 10.9 Å². The summed E-state index contributed by atoms with van der Waals surface area (Å²) in [6.45, 7) is 1.16. The van der Waals surface area contributed by atoms with Crippen LogP contribution in [0.2, 0.25) is 0 Å². The zero-order valence-electron chi connectivity index (χ0n) is 9.43. The summed E-state index contributed by atoms with van der Waals surface area (Å²) in [6, 6.07) is 0. The van der Waals surface area contributed by atoms with Gasteiger partial charge in [0.25, 0.3) is 0 Å². The third-order valence-corrected chi connectivity index (χ3v) is 3.15. The first kappa shape index (κ1) is 11.5. The first-order valence-corrected chi connectivity index (χ1v) is 5.98. The molecule has 1 saturated carbocycles. The third-order valence-electron chi connectivity index (χ3n) is 3.15. The Morgan fingerprint density at radius 2 is 2.31 bits per heavy atom. The monoisotopic (exact) mass is 225 g/mol. The molecule has 1 heterocycles. The molecule has 2 rings (SSSR count). The molecular weight excluding hydrogens is 206 g/mol. The predicted molar refractivity (Wildman–Crippen MR) is 58.6 cm³/mol. The molecule has 16 heavy (non-hydrogen) atoms. The van der Waals surface area contributed by atoms with Gasteiger partial charge in [0.2, 0.25) is 6.39 Å². The molecular formula is C11H19N3O2. The molecule has 1 aromatic heterocycles. The molecule has 5 heteroatoms. The molecule has 0 aliphatic heterocycles. The zero-order valence-corrected chi connectivity index (χ0v) is 9.43. The summed E-state index contributed by atoms with van der Waals surface area (Å²) in [6.07, 6.45) is 7.19. The van der Waals surface area contributed by atoms with Gasteiger partial charge in [0, 0.05) is 6.54 Å². The van der Waals surface area contributed by atoms with E-state index in [1.165, 1.54) is 32.1 Å². The van der Waals surface area contributed by atoms with Crippen molar-refractivity contribution in [2.45, 2.75) is 44.8 Å². The van der Waals surface area contributed by atoms with Crippen molar-refractivity contribution in [1.82, 2.24) is 15.5 Å². The highest BCUT2D eigenvalue weighted by Crippen LogP contribution is 2.28. The van der Waals surface area contributed by atoms with Gasteiger partial charge in [0.15, 0.2) is 5.82 Å². The molecule has 1 aliphatic rings. The summed E-state index contributed by atoms with van der Waals surface area (Å²) in [7, 11) is 0. The summed E-state index contributed by atoms with van der Waals surface area (Å²) >= 11 is 0. The molecule has 1 aliphatic carbocycles. The molecule has 1 aromatic rings. The Morgan fingerprint density at radius 1 is 1.50 bits per heavy atom. The largest absolute Gasteiger partial charge is 0.392 e. The number of aliphatic hydroxyl groups excluding tert-OH is 1. The minimum absolute atomic E-state index is 0.255. The van der Waals surface area contributed by atoms with Crippen LogP contribution in [-0.2, 0) is 6.54 Å². The molecule has 5 nitrogen and oxygen atoms in total. The summed E-state index contributed by atoms with van der Waals surface area (Å²) in [5.74, 6) is 1.36. The third kappa shape index (κ3) is 3.57. The van der Waals surface area contributed by atoms with Crippen LogP contribution in [0.5, 0.6) is 0 Å². The van der Waals surface area contributed by atoms with E-state index in [9.17, 15) is 5.11 Å². The summed E-state index contributed by atoms with van der Waals surface area (Å²) in [5, 5.41) is 16.6. The predicted octanol–water partition coefficient (Wildman–Crippen LogP) is 1.10. The SMILES string of the molecule is OC(CNCc1ncon1)CC1CCCC1. The lowest BCUT2D eigenvalue weighted by Crippen LogP contribution is -2.28. The molecule has 0 bridgehead atoms. The molecule has 0 amide bonds. The lowest BCUT2D eigenvalue weighted by atomic mass is 10.0. The molecule has 90 valence electrons. The van der Waals surface area contributed by atoms with E-state index in [4.69, 9.17) is 0 Å². The highest BCUT2D eigenvalue weighted by atomic mass is 16.5. The van der Waals surface area contributed by atoms with Gasteiger partial charge >= 0.3 is 0 Å². The highest BCUT2D eigenvalue weighted by Gasteiger charge is 2.18. The van der Waals surface area contributed by atoms with Gasteiger partial charge in [-0.3, -0.25) is 0 Å². The van der Waals surface area contributed by atoms with Crippen LogP contribution in [0.3, 0.4) is 0 Å². The fraction of sp³-hybridized carbons (Fsp3) is 0.818. The van der Waals surface area contributed by atoms with Gasteiger partial charge in [-0.05, 0) is 12.3 Å². The van der Waals surface area contributed by atoms with Crippen LogP contribution in [0.4, 0.5) is 0 Å². The minimum atomic E-state index is -0.255. The Bertz CT molecular complexity index is 283. The van der Waals surface area contributed by atoms with Crippen molar-refractivity contribution < 1.29 is 9.63 Å². The lowest BCUT2D eigenvalue weighted by molar-refractivity contribution is 0.140. The van der Waals surface area contributed by atoms with Crippen molar-refractivity contribution >= 4 is 0 Å². The van der Waals surface area contributed by atoms with Gasteiger partial charge in [-0.25, -0.2) is 0 Å². The van der Waals surface area contributed by atoms with E-state index in [-0.39, 0.29) is 6.10 Å². The Morgan fingerprint density at radius 3 is 3.00 bits per heavy atom. The maximum Gasteiger partial charge on any atom is 0.213 e. The Hall–Kier alpha value is -0.940. The summed E-state index contributed by atoms with van der Waals surface area (Å²) in [5.41, 5.74) is 0. The van der Waals surface area contributed by atoms with E-state index in [2.05, 4.69) is 20.0 Å². The van der Waals surface area contributed by atoms with Gasteiger partial charge < -0.3 is 14.9 Å². The first-order chi connectivity index (χ1) is 7.84. The van der Waals surface area contributed by atoms with Crippen LogP contribution in [-0.4, -0.2) is 27.9 Å². The number of hydrogen-bond donors (Lipinski definition) is 2. The smallest absolute Gasteiger partial charge is 0.213 e.